The smallest absolute Gasteiger partial charge is 0.262 e. The van der Waals surface area contributed by atoms with E-state index in [1.807, 2.05) is 13.8 Å². The SMILES string of the molecule is CCCOc1c[nH]c(Cn2c(-c3c(F)cccc3F)nc3sc(CC)cc3c2=O)cc1=O. The van der Waals surface area contributed by atoms with Crippen LogP contribution in [-0.2, 0) is 13.0 Å². The lowest BCUT2D eigenvalue weighted by molar-refractivity contribution is 0.313. The van der Waals surface area contributed by atoms with Crippen LogP contribution in [0.2, 0.25) is 0 Å². The molecule has 1 N–H and O–H groups in total. The Balaban J connectivity index is 1.89. The van der Waals surface area contributed by atoms with E-state index in [4.69, 9.17) is 4.74 Å². The van der Waals surface area contributed by atoms with Gasteiger partial charge < -0.3 is 9.72 Å². The summed E-state index contributed by atoms with van der Waals surface area (Å²) in [7, 11) is 0. The van der Waals surface area contributed by atoms with E-state index in [1.54, 1.807) is 6.07 Å². The molecule has 0 atom stereocenters. The molecule has 0 fully saturated rings. The summed E-state index contributed by atoms with van der Waals surface area (Å²) in [5.41, 5.74) is -0.790. The molecule has 166 valence electrons. The molecule has 32 heavy (non-hydrogen) atoms. The second kappa shape index (κ2) is 9.04. The zero-order chi connectivity index (χ0) is 22.8. The van der Waals surface area contributed by atoms with E-state index in [9.17, 15) is 18.4 Å². The van der Waals surface area contributed by atoms with Crippen LogP contribution in [0.3, 0.4) is 0 Å². The van der Waals surface area contributed by atoms with Gasteiger partial charge >= 0.3 is 0 Å². The van der Waals surface area contributed by atoms with Crippen LogP contribution in [0.15, 0.2) is 46.1 Å². The van der Waals surface area contributed by atoms with Gasteiger partial charge in [-0.05, 0) is 31.0 Å². The fourth-order valence-electron chi connectivity index (χ4n) is 3.38. The van der Waals surface area contributed by atoms with E-state index in [-0.39, 0.29) is 29.1 Å². The molecule has 0 bridgehead atoms. The highest BCUT2D eigenvalue weighted by Crippen LogP contribution is 2.28. The van der Waals surface area contributed by atoms with Gasteiger partial charge in [0.15, 0.2) is 11.6 Å². The number of nitrogens with one attached hydrogen (secondary N) is 1. The van der Waals surface area contributed by atoms with E-state index in [2.05, 4.69) is 9.97 Å². The number of aromatic amines is 1. The minimum atomic E-state index is -0.825. The molecule has 6 nitrogen and oxygen atoms in total. The average molecular weight is 458 g/mol. The van der Waals surface area contributed by atoms with Crippen LogP contribution in [0.1, 0.15) is 30.8 Å². The molecule has 0 saturated carbocycles. The molecular weight excluding hydrogens is 436 g/mol. The zero-order valence-corrected chi connectivity index (χ0v) is 18.4. The molecule has 0 saturated heterocycles. The van der Waals surface area contributed by atoms with Gasteiger partial charge in [0.05, 0.1) is 24.1 Å². The number of aryl methyl sites for hydroxylation is 1. The number of rotatable bonds is 7. The summed E-state index contributed by atoms with van der Waals surface area (Å²) in [4.78, 5) is 34.5. The molecule has 3 aromatic heterocycles. The predicted molar refractivity (Wildman–Crippen MR) is 121 cm³/mol. The Hall–Kier alpha value is -3.33. The van der Waals surface area contributed by atoms with Crippen LogP contribution < -0.4 is 15.7 Å². The van der Waals surface area contributed by atoms with E-state index < -0.39 is 17.2 Å². The van der Waals surface area contributed by atoms with Gasteiger partial charge in [-0.2, -0.15) is 0 Å². The molecule has 0 amide bonds. The number of hydrogen-bond acceptors (Lipinski definition) is 5. The fourth-order valence-corrected chi connectivity index (χ4v) is 4.33. The van der Waals surface area contributed by atoms with Crippen molar-refractivity contribution in [2.45, 2.75) is 33.2 Å². The topological polar surface area (TPSA) is 77.0 Å². The van der Waals surface area contributed by atoms with Gasteiger partial charge in [0.1, 0.15) is 16.5 Å². The summed E-state index contributed by atoms with van der Waals surface area (Å²) in [6, 6.07) is 6.55. The lowest BCUT2D eigenvalue weighted by Gasteiger charge is -2.14. The Kier molecular flexibility index (Phi) is 6.18. The molecule has 4 rings (SSSR count). The number of ether oxygens (including phenoxy) is 1. The normalized spacial score (nSPS) is 11.2. The van der Waals surface area contributed by atoms with Crippen molar-refractivity contribution in [3.8, 4) is 17.1 Å². The fraction of sp³-hybridized carbons (Fsp3) is 0.261. The van der Waals surface area contributed by atoms with E-state index in [1.165, 1.54) is 34.2 Å². The highest BCUT2D eigenvalue weighted by molar-refractivity contribution is 7.18. The number of fused-ring (bicyclic) bond motifs is 1. The van der Waals surface area contributed by atoms with Crippen molar-refractivity contribution in [3.63, 3.8) is 0 Å². The Morgan fingerprint density at radius 1 is 1.16 bits per heavy atom. The van der Waals surface area contributed by atoms with E-state index in [0.29, 0.717) is 28.9 Å². The maximum absolute atomic E-state index is 14.6. The molecule has 0 spiro atoms. The molecule has 0 radical (unpaired) electrons. The molecule has 0 aliphatic rings. The molecule has 0 aliphatic carbocycles. The van der Waals surface area contributed by atoms with Crippen LogP contribution in [0.25, 0.3) is 21.6 Å². The molecule has 3 heterocycles. The molecular formula is C23H21F2N3O3S. The Bertz CT molecular complexity index is 1390. The van der Waals surface area contributed by atoms with Gasteiger partial charge in [-0.25, -0.2) is 13.8 Å². The number of thiophene rings is 1. The number of hydrogen-bond donors (Lipinski definition) is 1. The average Bonchev–Trinajstić information content (AvgIpc) is 3.19. The van der Waals surface area contributed by atoms with Gasteiger partial charge in [-0.3, -0.25) is 14.2 Å². The molecule has 0 unspecified atom stereocenters. The lowest BCUT2D eigenvalue weighted by atomic mass is 10.1. The van der Waals surface area contributed by atoms with Crippen molar-refractivity contribution in [2.24, 2.45) is 0 Å². The second-order valence-electron chi connectivity index (χ2n) is 7.24. The van der Waals surface area contributed by atoms with Crippen molar-refractivity contribution in [3.05, 3.63) is 79.3 Å². The summed E-state index contributed by atoms with van der Waals surface area (Å²) >= 11 is 1.32. The minimum absolute atomic E-state index is 0.120. The Morgan fingerprint density at radius 2 is 1.91 bits per heavy atom. The minimum Gasteiger partial charge on any atom is -0.488 e. The van der Waals surface area contributed by atoms with Crippen LogP contribution >= 0.6 is 11.3 Å². The summed E-state index contributed by atoms with van der Waals surface area (Å²) in [6.07, 6.45) is 2.88. The Morgan fingerprint density at radius 3 is 2.56 bits per heavy atom. The van der Waals surface area contributed by atoms with Gasteiger partial charge in [-0.1, -0.05) is 19.9 Å². The van der Waals surface area contributed by atoms with Crippen LogP contribution in [0.5, 0.6) is 5.75 Å². The number of H-pyrrole nitrogens is 1. The quantitative estimate of drug-likeness (QED) is 0.444. The van der Waals surface area contributed by atoms with Crippen molar-refractivity contribution < 1.29 is 13.5 Å². The van der Waals surface area contributed by atoms with Gasteiger partial charge in [0.2, 0.25) is 5.43 Å². The van der Waals surface area contributed by atoms with Crippen LogP contribution in [0, 0.1) is 11.6 Å². The first-order chi connectivity index (χ1) is 15.4. The third-order valence-electron chi connectivity index (χ3n) is 4.96. The molecule has 1 aromatic carbocycles. The highest BCUT2D eigenvalue weighted by Gasteiger charge is 2.21. The van der Waals surface area contributed by atoms with Crippen molar-refractivity contribution >= 4 is 21.6 Å². The summed E-state index contributed by atoms with van der Waals surface area (Å²) < 4.78 is 35.8. The molecule has 0 aliphatic heterocycles. The number of benzene rings is 1. The Labute approximate surface area is 186 Å². The third-order valence-corrected chi connectivity index (χ3v) is 6.14. The van der Waals surface area contributed by atoms with Crippen LogP contribution in [0.4, 0.5) is 8.78 Å². The largest absolute Gasteiger partial charge is 0.488 e. The summed E-state index contributed by atoms with van der Waals surface area (Å²) in [5, 5.41) is 0.373. The first kappa shape index (κ1) is 21.9. The predicted octanol–water partition coefficient (Wildman–Crippen LogP) is 4.49. The summed E-state index contributed by atoms with van der Waals surface area (Å²) in [6.45, 7) is 4.16. The van der Waals surface area contributed by atoms with Gasteiger partial charge in [-0.15, -0.1) is 11.3 Å². The maximum Gasteiger partial charge on any atom is 0.262 e. The summed E-state index contributed by atoms with van der Waals surface area (Å²) in [5.74, 6) is -1.61. The molecule has 9 heteroatoms. The van der Waals surface area contributed by atoms with E-state index >= 15 is 0 Å². The van der Waals surface area contributed by atoms with Crippen LogP contribution in [-0.4, -0.2) is 21.1 Å². The van der Waals surface area contributed by atoms with Crippen molar-refractivity contribution in [1.82, 2.24) is 14.5 Å². The van der Waals surface area contributed by atoms with Crippen molar-refractivity contribution in [1.29, 1.82) is 0 Å². The number of halogens is 2. The third kappa shape index (κ3) is 4.08. The first-order valence-corrected chi connectivity index (χ1v) is 11.1. The highest BCUT2D eigenvalue weighted by atomic mass is 32.1. The molecule has 4 aromatic rings. The second-order valence-corrected chi connectivity index (χ2v) is 8.36. The van der Waals surface area contributed by atoms with Gasteiger partial charge in [0.25, 0.3) is 5.56 Å². The maximum atomic E-state index is 14.6. The standard InChI is InChI=1S/C23H21F2N3O3S/c1-3-8-31-19-11-26-13(9-18(19)29)12-28-21(20-16(24)6-5-7-17(20)25)27-22-15(23(28)30)10-14(4-2)32-22/h5-7,9-11H,3-4,8,12H2,1-2H3,(H,26,29). The number of pyridine rings is 1. The number of aromatic nitrogens is 3. The lowest BCUT2D eigenvalue weighted by Crippen LogP contribution is -2.25. The monoisotopic (exact) mass is 457 g/mol. The van der Waals surface area contributed by atoms with Gasteiger partial charge in [0, 0.05) is 22.8 Å². The first-order valence-electron chi connectivity index (χ1n) is 10.2. The zero-order valence-electron chi connectivity index (χ0n) is 17.6. The van der Waals surface area contributed by atoms with E-state index in [0.717, 1.165) is 23.4 Å². The number of nitrogens with zero attached hydrogens (tertiary/aromatic N) is 2. The van der Waals surface area contributed by atoms with Crippen molar-refractivity contribution in [2.75, 3.05) is 6.61 Å².